The largest absolute Gasteiger partial charge is 0.667 e. The lowest BCUT2D eigenvalue weighted by Crippen LogP contribution is -2.48. The molecule has 1 aliphatic rings. The average molecular weight is 362 g/mol. The van der Waals surface area contributed by atoms with Gasteiger partial charge in [0.15, 0.2) is 0 Å². The van der Waals surface area contributed by atoms with Gasteiger partial charge in [-0.3, -0.25) is 0 Å². The zero-order valence-electron chi connectivity index (χ0n) is 13.0. The number of rotatable bonds is 2. The first-order chi connectivity index (χ1) is 12.2. The Balaban J connectivity index is 1.80. The molecule has 0 saturated carbocycles. The smallest absolute Gasteiger partial charge is 0.237 e. The summed E-state index contributed by atoms with van der Waals surface area (Å²) >= 11 is 0. The maximum atomic E-state index is 13.2. The molecule has 0 saturated heterocycles. The van der Waals surface area contributed by atoms with Crippen LogP contribution in [0.2, 0.25) is 0 Å². The second-order valence-corrected chi connectivity index (χ2v) is 8.97. The third-order valence-corrected chi connectivity index (χ3v) is 7.87. The van der Waals surface area contributed by atoms with Gasteiger partial charge in [-0.2, -0.15) is 0 Å². The highest BCUT2D eigenvalue weighted by molar-refractivity contribution is 7.94. The molecule has 0 unspecified atom stereocenters. The van der Waals surface area contributed by atoms with Gasteiger partial charge in [0.2, 0.25) is 11.0 Å². The molecule has 0 spiro atoms. The lowest BCUT2D eigenvalue weighted by molar-refractivity contribution is -0.464. The van der Waals surface area contributed by atoms with Crippen LogP contribution in [0.5, 0.6) is 0 Å². The molecule has 0 fully saturated rings. The Labute approximate surface area is 147 Å². The zero-order chi connectivity index (χ0) is 17.0. The maximum Gasteiger partial charge on any atom is 0.667 e. The van der Waals surface area contributed by atoms with Gasteiger partial charge in [-0.1, -0.05) is 36.4 Å². The molecule has 0 bridgehead atoms. The van der Waals surface area contributed by atoms with Crippen LogP contribution in [0, 0.1) is 0 Å². The topological polar surface area (TPSA) is 54.2 Å². The van der Waals surface area contributed by atoms with Crippen LogP contribution in [0.15, 0.2) is 77.7 Å². The Morgan fingerprint density at radius 1 is 0.840 bits per heavy atom. The fourth-order valence-corrected chi connectivity index (χ4v) is 6.34. The van der Waals surface area contributed by atoms with Crippen molar-refractivity contribution >= 4 is 47.6 Å². The molecule has 1 aliphatic heterocycles. The number of nitrogens with zero attached hydrogens (tertiary/aromatic N) is 3. The summed E-state index contributed by atoms with van der Waals surface area (Å²) < 4.78 is 29.9. The Morgan fingerprint density at radius 2 is 1.56 bits per heavy atom. The Hall–Kier alpha value is -2.77. The van der Waals surface area contributed by atoms with Gasteiger partial charge >= 0.3 is 9.84 Å². The molecule has 3 aromatic carbocycles. The molecular weight excluding hydrogens is 350 g/mol. The fraction of sp³-hybridized carbons (Fsp3) is 0. The van der Waals surface area contributed by atoms with Gasteiger partial charge in [-0.25, -0.2) is 21.6 Å². The van der Waals surface area contributed by atoms with Crippen molar-refractivity contribution in [2.45, 2.75) is 4.90 Å². The molecular formula is C18H12N3O2SSi+. The van der Waals surface area contributed by atoms with Crippen molar-refractivity contribution in [2.24, 2.45) is 0 Å². The molecule has 5 rings (SSSR count). The molecule has 120 valence electrons. The fourth-order valence-electron chi connectivity index (χ4n) is 3.13. The van der Waals surface area contributed by atoms with E-state index in [0.29, 0.717) is 10.6 Å². The summed E-state index contributed by atoms with van der Waals surface area (Å²) in [7, 11) is -3.69. The summed E-state index contributed by atoms with van der Waals surface area (Å²) in [6, 6.07) is 22.0. The highest BCUT2D eigenvalue weighted by Crippen LogP contribution is 2.32. The normalized spacial score (nSPS) is 13.7. The SMILES string of the molecule is O=S(=O)(c1ccccc1)N1[Si][n+]2c3ccccc3nc3cccc1c32. The van der Waals surface area contributed by atoms with Gasteiger partial charge in [0.05, 0.1) is 4.90 Å². The van der Waals surface area contributed by atoms with Crippen molar-refractivity contribution in [1.82, 2.24) is 4.98 Å². The molecule has 25 heavy (non-hydrogen) atoms. The van der Waals surface area contributed by atoms with Crippen LogP contribution >= 0.6 is 0 Å². The number of para-hydroxylation sites is 3. The van der Waals surface area contributed by atoms with Crippen molar-refractivity contribution < 1.29 is 12.7 Å². The number of sulfonamides is 1. The third kappa shape index (κ3) is 2.03. The summed E-state index contributed by atoms with van der Waals surface area (Å²) in [5, 5.41) is 0. The molecule has 7 heteroatoms. The molecule has 2 radical (unpaired) electrons. The highest BCUT2D eigenvalue weighted by atomic mass is 32.2. The quantitative estimate of drug-likeness (QED) is 0.406. The maximum absolute atomic E-state index is 13.2. The summed E-state index contributed by atoms with van der Waals surface area (Å²) in [5.41, 5.74) is 4.14. The Kier molecular flexibility index (Phi) is 2.98. The van der Waals surface area contributed by atoms with Crippen LogP contribution in [0.1, 0.15) is 0 Å². The summed E-state index contributed by atoms with van der Waals surface area (Å²) in [6.45, 7) is 0. The molecule has 2 heterocycles. The number of fused-ring (bicyclic) bond motifs is 2. The summed E-state index contributed by atoms with van der Waals surface area (Å²) in [4.78, 5) is 4.99. The second kappa shape index (κ2) is 5.11. The number of hydrogen-bond acceptors (Lipinski definition) is 3. The predicted octanol–water partition coefficient (Wildman–Crippen LogP) is 2.27. The van der Waals surface area contributed by atoms with Gasteiger partial charge in [0.1, 0.15) is 16.7 Å². The van der Waals surface area contributed by atoms with E-state index in [1.54, 1.807) is 24.3 Å². The molecule has 0 N–H and O–H groups in total. The van der Waals surface area contributed by atoms with Crippen LogP contribution in [-0.4, -0.2) is 23.2 Å². The van der Waals surface area contributed by atoms with Crippen LogP contribution in [0.25, 0.3) is 22.1 Å². The molecule has 4 aromatic rings. The van der Waals surface area contributed by atoms with E-state index in [4.69, 9.17) is 4.98 Å². The van der Waals surface area contributed by atoms with Gasteiger partial charge < -0.3 is 0 Å². The van der Waals surface area contributed by atoms with E-state index < -0.39 is 10.0 Å². The van der Waals surface area contributed by atoms with Crippen molar-refractivity contribution in [3.05, 3.63) is 72.8 Å². The molecule has 0 amide bonds. The minimum atomic E-state index is -3.62. The molecule has 5 nitrogen and oxygen atoms in total. The molecule has 0 aliphatic carbocycles. The second-order valence-electron chi connectivity index (χ2n) is 5.76. The molecule has 0 atom stereocenters. The number of anilines is 1. The van der Waals surface area contributed by atoms with E-state index in [9.17, 15) is 8.42 Å². The van der Waals surface area contributed by atoms with E-state index in [1.807, 2.05) is 52.8 Å². The predicted molar refractivity (Wildman–Crippen MR) is 96.7 cm³/mol. The molecule has 1 aromatic heterocycles. The van der Waals surface area contributed by atoms with Crippen LogP contribution in [-0.2, 0) is 10.0 Å². The van der Waals surface area contributed by atoms with Crippen molar-refractivity contribution in [3.8, 4) is 0 Å². The van der Waals surface area contributed by atoms with Crippen LogP contribution < -0.4 is 8.20 Å². The zero-order valence-corrected chi connectivity index (χ0v) is 14.8. The van der Waals surface area contributed by atoms with Gasteiger partial charge in [0, 0.05) is 6.07 Å². The van der Waals surface area contributed by atoms with E-state index in [1.165, 1.54) is 3.97 Å². The summed E-state index contributed by atoms with van der Waals surface area (Å²) in [6.07, 6.45) is 0. The Bertz CT molecular complexity index is 1240. The standard InChI is InChI=1S/C18H12N3O2SSi/c22-24(23,13-7-2-1-3-8-13)21-17-12-6-10-15-18(17)20(25-21)16-11-5-4-9-14(16)19-15/h1-12H/q+1. The minimum Gasteiger partial charge on any atom is -0.237 e. The first-order valence-corrected chi connectivity index (χ1v) is 10.1. The number of hydrogen-bond donors (Lipinski definition) is 0. The van der Waals surface area contributed by atoms with E-state index >= 15 is 0 Å². The van der Waals surface area contributed by atoms with Gasteiger partial charge in [-0.15, -0.1) is 0 Å². The van der Waals surface area contributed by atoms with E-state index in [2.05, 4.69) is 0 Å². The Morgan fingerprint density at radius 3 is 2.40 bits per heavy atom. The van der Waals surface area contributed by atoms with E-state index in [0.717, 1.165) is 22.1 Å². The monoisotopic (exact) mass is 362 g/mol. The van der Waals surface area contributed by atoms with Gasteiger partial charge in [-0.05, 0) is 30.3 Å². The van der Waals surface area contributed by atoms with Gasteiger partial charge in [0.25, 0.3) is 10.0 Å². The first-order valence-electron chi connectivity index (χ1n) is 7.77. The number of benzene rings is 3. The lowest BCUT2D eigenvalue weighted by Gasteiger charge is -2.13. The minimum absolute atomic E-state index is 0.0612. The summed E-state index contributed by atoms with van der Waals surface area (Å²) in [5.74, 6) is 0. The van der Waals surface area contributed by atoms with Crippen LogP contribution in [0.3, 0.4) is 0 Å². The van der Waals surface area contributed by atoms with E-state index in [-0.39, 0.29) is 9.84 Å². The van der Waals surface area contributed by atoms with Crippen LogP contribution in [0.4, 0.5) is 5.69 Å². The highest BCUT2D eigenvalue weighted by Gasteiger charge is 2.43. The van der Waals surface area contributed by atoms with Crippen molar-refractivity contribution in [3.63, 3.8) is 0 Å². The lowest BCUT2D eigenvalue weighted by atomic mass is 10.2. The van der Waals surface area contributed by atoms with Crippen molar-refractivity contribution in [1.29, 1.82) is 0 Å². The number of aromatic nitrogens is 2. The average Bonchev–Trinajstić information content (AvgIpc) is 3.05. The third-order valence-electron chi connectivity index (χ3n) is 4.27. The first kappa shape index (κ1) is 14.6. The van der Waals surface area contributed by atoms with Crippen molar-refractivity contribution in [2.75, 3.05) is 3.97 Å².